The summed E-state index contributed by atoms with van der Waals surface area (Å²) in [6.07, 6.45) is 2.28. The van der Waals surface area contributed by atoms with Crippen LogP contribution in [0.5, 0.6) is 0 Å². The van der Waals surface area contributed by atoms with Gasteiger partial charge in [0, 0.05) is 11.4 Å². The molecule has 17 heavy (non-hydrogen) atoms. The zero-order chi connectivity index (χ0) is 12.3. The monoisotopic (exact) mass is 273 g/mol. The number of rotatable bonds is 6. The maximum atomic E-state index is 11.7. The predicted octanol–water partition coefficient (Wildman–Crippen LogP) is 1.19. The molecule has 1 aliphatic rings. The molecule has 4 nitrogen and oxygen atoms in total. The molecular formula is C11H15NO3S2. The zero-order valence-electron chi connectivity index (χ0n) is 9.39. The summed E-state index contributed by atoms with van der Waals surface area (Å²) < 4.78 is 23.4. The highest BCUT2D eigenvalue weighted by molar-refractivity contribution is 7.91. The first-order valence-corrected chi connectivity index (χ1v) is 8.25. The zero-order valence-corrected chi connectivity index (χ0v) is 11.0. The number of amides is 1. The van der Waals surface area contributed by atoms with E-state index in [0.717, 1.165) is 17.7 Å². The fourth-order valence-corrected chi connectivity index (χ4v) is 3.93. The second kappa shape index (κ2) is 5.18. The summed E-state index contributed by atoms with van der Waals surface area (Å²) in [5, 5.41) is 4.50. The Bertz CT molecular complexity index is 475. The molecule has 0 radical (unpaired) electrons. The molecule has 0 bridgehead atoms. The van der Waals surface area contributed by atoms with Crippen molar-refractivity contribution in [3.05, 3.63) is 22.4 Å². The number of carbonyl (C=O) groups excluding carboxylic acids is 1. The Kier molecular flexibility index (Phi) is 3.83. The van der Waals surface area contributed by atoms with Gasteiger partial charge in [0.15, 0.2) is 9.84 Å². The first-order chi connectivity index (χ1) is 8.05. The molecule has 1 amide bonds. The van der Waals surface area contributed by atoms with Gasteiger partial charge >= 0.3 is 0 Å². The van der Waals surface area contributed by atoms with Crippen LogP contribution in [0.2, 0.25) is 0 Å². The van der Waals surface area contributed by atoms with Crippen molar-refractivity contribution in [3.63, 3.8) is 0 Å². The summed E-state index contributed by atoms with van der Waals surface area (Å²) in [6.45, 7) is 0.618. The minimum atomic E-state index is -3.33. The molecule has 0 unspecified atom stereocenters. The number of nitrogens with one attached hydrogen (secondary N) is 1. The predicted molar refractivity (Wildman–Crippen MR) is 67.5 cm³/mol. The van der Waals surface area contributed by atoms with Crippen LogP contribution < -0.4 is 5.32 Å². The number of hydrogen-bond donors (Lipinski definition) is 1. The Morgan fingerprint density at radius 2 is 2.24 bits per heavy atom. The van der Waals surface area contributed by atoms with Crippen LogP contribution in [0.15, 0.2) is 17.5 Å². The first kappa shape index (κ1) is 12.6. The summed E-state index contributed by atoms with van der Waals surface area (Å²) in [7, 11) is -3.33. The average molecular weight is 273 g/mol. The Morgan fingerprint density at radius 1 is 1.47 bits per heavy atom. The Hall–Kier alpha value is -0.880. The van der Waals surface area contributed by atoms with Crippen LogP contribution in [-0.2, 0) is 20.4 Å². The van der Waals surface area contributed by atoms with Crippen LogP contribution in [0.3, 0.4) is 0 Å². The van der Waals surface area contributed by atoms with Gasteiger partial charge in [-0.2, -0.15) is 0 Å². The van der Waals surface area contributed by atoms with Gasteiger partial charge in [0.2, 0.25) is 5.91 Å². The van der Waals surface area contributed by atoms with Crippen molar-refractivity contribution in [2.75, 3.05) is 12.3 Å². The van der Waals surface area contributed by atoms with Crippen LogP contribution in [0.1, 0.15) is 17.7 Å². The second-order valence-electron chi connectivity index (χ2n) is 4.36. The molecule has 94 valence electrons. The molecule has 1 aromatic rings. The van der Waals surface area contributed by atoms with E-state index in [0.29, 0.717) is 12.5 Å². The van der Waals surface area contributed by atoms with Gasteiger partial charge in [0.05, 0.1) is 5.75 Å². The molecule has 1 aromatic heterocycles. The molecule has 0 spiro atoms. The SMILES string of the molecule is O=C(CS(=O)(=O)Cc1cccs1)NCC1CC1. The van der Waals surface area contributed by atoms with Crippen molar-refractivity contribution in [3.8, 4) is 0 Å². The van der Waals surface area contributed by atoms with E-state index in [4.69, 9.17) is 0 Å². The third-order valence-corrected chi connectivity index (χ3v) is 5.09. The standard InChI is InChI=1S/C11H15NO3S2/c13-11(12-6-9-3-4-9)8-17(14,15)7-10-2-1-5-16-10/h1-2,5,9H,3-4,6-8H2,(H,12,13). The number of carbonyl (C=O) groups is 1. The Balaban J connectivity index is 1.81. The lowest BCUT2D eigenvalue weighted by Crippen LogP contribution is -2.32. The summed E-state index contributed by atoms with van der Waals surface area (Å²) >= 11 is 1.39. The van der Waals surface area contributed by atoms with Crippen molar-refractivity contribution in [1.82, 2.24) is 5.32 Å². The number of hydrogen-bond acceptors (Lipinski definition) is 4. The van der Waals surface area contributed by atoms with E-state index >= 15 is 0 Å². The van der Waals surface area contributed by atoms with E-state index in [1.807, 2.05) is 11.4 Å². The van der Waals surface area contributed by atoms with Crippen molar-refractivity contribution in [2.24, 2.45) is 5.92 Å². The van der Waals surface area contributed by atoms with E-state index in [1.165, 1.54) is 11.3 Å². The van der Waals surface area contributed by atoms with Gasteiger partial charge in [-0.3, -0.25) is 4.79 Å². The second-order valence-corrected chi connectivity index (χ2v) is 7.46. The van der Waals surface area contributed by atoms with Crippen LogP contribution in [-0.4, -0.2) is 26.6 Å². The van der Waals surface area contributed by atoms with Crippen molar-refractivity contribution >= 4 is 27.1 Å². The highest BCUT2D eigenvalue weighted by Gasteiger charge is 2.23. The molecule has 6 heteroatoms. The van der Waals surface area contributed by atoms with Gasteiger partial charge in [-0.25, -0.2) is 8.42 Å². The van der Waals surface area contributed by atoms with Crippen LogP contribution in [0, 0.1) is 5.92 Å². The quantitative estimate of drug-likeness (QED) is 0.847. The molecule has 1 aliphatic carbocycles. The third kappa shape index (κ3) is 4.47. The van der Waals surface area contributed by atoms with E-state index in [2.05, 4.69) is 5.32 Å². The normalized spacial score (nSPS) is 15.8. The summed E-state index contributed by atoms with van der Waals surface area (Å²) in [5.74, 6) is -0.258. The van der Waals surface area contributed by atoms with Crippen molar-refractivity contribution < 1.29 is 13.2 Å². The highest BCUT2D eigenvalue weighted by Crippen LogP contribution is 2.27. The molecule has 0 aliphatic heterocycles. The summed E-state index contributed by atoms with van der Waals surface area (Å²) in [5.41, 5.74) is 0. The number of thiophene rings is 1. The van der Waals surface area contributed by atoms with E-state index in [9.17, 15) is 13.2 Å². The summed E-state index contributed by atoms with van der Waals surface area (Å²) in [6, 6.07) is 3.58. The number of sulfone groups is 1. The smallest absolute Gasteiger partial charge is 0.235 e. The molecule has 1 heterocycles. The first-order valence-electron chi connectivity index (χ1n) is 5.55. The maximum Gasteiger partial charge on any atom is 0.235 e. The van der Waals surface area contributed by atoms with Crippen molar-refractivity contribution in [2.45, 2.75) is 18.6 Å². The largest absolute Gasteiger partial charge is 0.355 e. The van der Waals surface area contributed by atoms with E-state index in [1.54, 1.807) is 6.07 Å². The lowest BCUT2D eigenvalue weighted by Gasteiger charge is -2.04. The molecule has 1 fully saturated rings. The van der Waals surface area contributed by atoms with Crippen LogP contribution in [0.25, 0.3) is 0 Å². The van der Waals surface area contributed by atoms with Gasteiger partial charge in [0.1, 0.15) is 5.75 Å². The minimum absolute atomic E-state index is 0.0402. The van der Waals surface area contributed by atoms with Gasteiger partial charge in [-0.05, 0) is 30.2 Å². The van der Waals surface area contributed by atoms with Crippen LogP contribution in [0.4, 0.5) is 0 Å². The molecule has 2 rings (SSSR count). The van der Waals surface area contributed by atoms with Gasteiger partial charge in [-0.15, -0.1) is 11.3 Å². The highest BCUT2D eigenvalue weighted by atomic mass is 32.2. The molecule has 0 atom stereocenters. The lowest BCUT2D eigenvalue weighted by atomic mass is 10.4. The molecule has 0 aromatic carbocycles. The topological polar surface area (TPSA) is 63.2 Å². The molecule has 1 saturated carbocycles. The van der Waals surface area contributed by atoms with Gasteiger partial charge in [0.25, 0.3) is 0 Å². The van der Waals surface area contributed by atoms with E-state index in [-0.39, 0.29) is 11.7 Å². The Morgan fingerprint density at radius 3 is 2.82 bits per heavy atom. The minimum Gasteiger partial charge on any atom is -0.355 e. The molecule has 1 N–H and O–H groups in total. The third-order valence-electron chi connectivity index (χ3n) is 2.58. The molecular weight excluding hydrogens is 258 g/mol. The molecule has 0 saturated heterocycles. The van der Waals surface area contributed by atoms with E-state index < -0.39 is 15.6 Å². The summed E-state index contributed by atoms with van der Waals surface area (Å²) in [4.78, 5) is 12.2. The Labute approximate surface area is 105 Å². The maximum absolute atomic E-state index is 11.7. The fourth-order valence-electron chi connectivity index (χ4n) is 1.49. The van der Waals surface area contributed by atoms with Crippen molar-refractivity contribution in [1.29, 1.82) is 0 Å². The van der Waals surface area contributed by atoms with Gasteiger partial charge < -0.3 is 5.32 Å². The lowest BCUT2D eigenvalue weighted by molar-refractivity contribution is -0.118. The average Bonchev–Trinajstić information content (AvgIpc) is 2.93. The van der Waals surface area contributed by atoms with Crippen LogP contribution >= 0.6 is 11.3 Å². The van der Waals surface area contributed by atoms with Gasteiger partial charge in [-0.1, -0.05) is 6.07 Å². The fraction of sp³-hybridized carbons (Fsp3) is 0.545.